The molecule has 2 heterocycles. The summed E-state index contributed by atoms with van der Waals surface area (Å²) in [4.78, 5) is 29.4. The molecule has 1 aromatic carbocycles. The Morgan fingerprint density at radius 2 is 2.28 bits per heavy atom. The van der Waals surface area contributed by atoms with Crippen LogP contribution in [0.15, 0.2) is 30.5 Å². The van der Waals surface area contributed by atoms with Crippen molar-refractivity contribution in [1.29, 1.82) is 0 Å². The number of aromatic nitrogens is 1. The number of pyridine rings is 1. The number of anilines is 1. The molecule has 1 N–H and O–H groups in total. The Bertz CT molecular complexity index is 793. The molecule has 1 atom stereocenters. The zero-order chi connectivity index (χ0) is 17.8. The Balaban J connectivity index is 1.89. The second-order valence-electron chi connectivity index (χ2n) is 6.36. The molecule has 1 aromatic heterocycles. The average Bonchev–Trinajstić information content (AvgIpc) is 2.61. The van der Waals surface area contributed by atoms with E-state index in [4.69, 9.17) is 0 Å². The van der Waals surface area contributed by atoms with E-state index in [1.54, 1.807) is 24.4 Å². The van der Waals surface area contributed by atoms with Gasteiger partial charge >= 0.3 is 5.69 Å². The van der Waals surface area contributed by atoms with Crippen LogP contribution in [0.4, 0.5) is 11.4 Å². The molecule has 0 aliphatic carbocycles. The van der Waals surface area contributed by atoms with Gasteiger partial charge in [0.25, 0.3) is 0 Å². The van der Waals surface area contributed by atoms with Crippen LogP contribution in [0.25, 0.3) is 10.9 Å². The van der Waals surface area contributed by atoms with Gasteiger partial charge in [0.2, 0.25) is 5.91 Å². The number of nitrogens with zero attached hydrogens (tertiary/aromatic N) is 3. The van der Waals surface area contributed by atoms with Gasteiger partial charge in [0.15, 0.2) is 0 Å². The maximum absolute atomic E-state index is 11.9. The lowest BCUT2D eigenvalue weighted by Gasteiger charge is -2.34. The van der Waals surface area contributed by atoms with Crippen LogP contribution in [0.2, 0.25) is 0 Å². The highest BCUT2D eigenvalue weighted by Gasteiger charge is 2.28. The predicted octanol–water partition coefficient (Wildman–Crippen LogP) is 3.03. The Kier molecular flexibility index (Phi) is 5.11. The number of piperidine rings is 1. The molecule has 0 unspecified atom stereocenters. The minimum Gasteiger partial charge on any atom is -0.364 e. The monoisotopic (exact) mass is 342 g/mol. The van der Waals surface area contributed by atoms with Gasteiger partial charge in [-0.05, 0) is 43.5 Å². The molecule has 1 fully saturated rings. The molecule has 1 aliphatic heterocycles. The number of carbonyl (C=O) groups is 1. The Morgan fingerprint density at radius 1 is 1.44 bits per heavy atom. The van der Waals surface area contributed by atoms with E-state index in [-0.39, 0.29) is 22.6 Å². The summed E-state index contributed by atoms with van der Waals surface area (Å²) in [5, 5.41) is 15.3. The fourth-order valence-corrected chi connectivity index (χ4v) is 3.41. The highest BCUT2D eigenvalue weighted by atomic mass is 16.6. The van der Waals surface area contributed by atoms with E-state index in [1.165, 1.54) is 0 Å². The fourth-order valence-electron chi connectivity index (χ4n) is 3.41. The Hall–Kier alpha value is -2.70. The van der Waals surface area contributed by atoms with E-state index < -0.39 is 0 Å². The lowest BCUT2D eigenvalue weighted by molar-refractivity contribution is -0.382. The number of benzene rings is 1. The second kappa shape index (κ2) is 7.46. The zero-order valence-corrected chi connectivity index (χ0v) is 14.3. The molecule has 7 heteroatoms. The van der Waals surface area contributed by atoms with E-state index >= 15 is 0 Å². The molecule has 3 rings (SSSR count). The van der Waals surface area contributed by atoms with Gasteiger partial charge in [0.1, 0.15) is 5.69 Å². The van der Waals surface area contributed by atoms with Gasteiger partial charge in [0.05, 0.1) is 15.8 Å². The first-order chi connectivity index (χ1) is 12.1. The van der Waals surface area contributed by atoms with Crippen molar-refractivity contribution in [3.63, 3.8) is 0 Å². The number of fused-ring (bicyclic) bond motifs is 1. The summed E-state index contributed by atoms with van der Waals surface area (Å²) in [6, 6.07) is 7.05. The molecule has 0 bridgehead atoms. The van der Waals surface area contributed by atoms with Crippen molar-refractivity contribution in [3.05, 3.63) is 40.6 Å². The van der Waals surface area contributed by atoms with Gasteiger partial charge < -0.3 is 10.2 Å². The number of amides is 1. The number of hydrogen-bond acceptors (Lipinski definition) is 5. The largest absolute Gasteiger partial charge is 0.364 e. The highest BCUT2D eigenvalue weighted by molar-refractivity contribution is 5.94. The summed E-state index contributed by atoms with van der Waals surface area (Å²) in [5.74, 6) is 0.0477. The molecule has 0 radical (unpaired) electrons. The topological polar surface area (TPSA) is 88.4 Å². The van der Waals surface area contributed by atoms with E-state index in [9.17, 15) is 14.9 Å². The normalized spacial score (nSPS) is 17.5. The minimum atomic E-state index is -0.335. The van der Waals surface area contributed by atoms with E-state index in [0.717, 1.165) is 25.8 Å². The number of carbonyl (C=O) groups excluding carboxylic acids is 1. The third-order valence-electron chi connectivity index (χ3n) is 4.52. The first kappa shape index (κ1) is 17.1. The summed E-state index contributed by atoms with van der Waals surface area (Å²) >= 11 is 0. The standard InChI is InChI=1S/C18H22N4O3/c1-2-5-17(23)20-13-6-4-11-21(12-13)16-9-8-15-14(7-3-10-19-15)18(16)22(24)25/h3,7-10,13H,2,4-6,11-12H2,1H3,(H,20,23)/t13-/m0/s1. The molecule has 25 heavy (non-hydrogen) atoms. The van der Waals surface area contributed by atoms with Crippen molar-refractivity contribution in [3.8, 4) is 0 Å². The third kappa shape index (κ3) is 3.70. The number of nitro groups is 1. The van der Waals surface area contributed by atoms with Crippen molar-refractivity contribution in [1.82, 2.24) is 10.3 Å². The second-order valence-corrected chi connectivity index (χ2v) is 6.36. The number of hydrogen-bond donors (Lipinski definition) is 1. The van der Waals surface area contributed by atoms with E-state index in [1.807, 2.05) is 17.9 Å². The summed E-state index contributed by atoms with van der Waals surface area (Å²) < 4.78 is 0. The molecule has 0 spiro atoms. The van der Waals surface area contributed by atoms with Gasteiger partial charge in [-0.3, -0.25) is 19.9 Å². The molecule has 1 amide bonds. The third-order valence-corrected chi connectivity index (χ3v) is 4.52. The average molecular weight is 342 g/mol. The molecule has 2 aromatic rings. The van der Waals surface area contributed by atoms with Gasteiger partial charge in [-0.25, -0.2) is 0 Å². The maximum atomic E-state index is 11.9. The molecule has 0 saturated carbocycles. The Morgan fingerprint density at radius 3 is 3.04 bits per heavy atom. The van der Waals surface area contributed by atoms with Crippen molar-refractivity contribution < 1.29 is 9.72 Å². The van der Waals surface area contributed by atoms with Crippen LogP contribution >= 0.6 is 0 Å². The number of nitrogens with one attached hydrogen (secondary N) is 1. The lowest BCUT2D eigenvalue weighted by atomic mass is 10.0. The molecular formula is C18H22N4O3. The maximum Gasteiger partial charge on any atom is 0.301 e. The van der Waals surface area contributed by atoms with Crippen LogP contribution in [0, 0.1) is 10.1 Å². The SMILES string of the molecule is CCCC(=O)N[C@H]1CCCN(c2ccc3ncccc3c2[N+](=O)[O-])C1. The molecule has 1 aliphatic rings. The van der Waals surface area contributed by atoms with E-state index in [0.29, 0.717) is 29.6 Å². The van der Waals surface area contributed by atoms with Gasteiger partial charge in [-0.1, -0.05) is 6.92 Å². The van der Waals surface area contributed by atoms with Gasteiger partial charge in [-0.2, -0.15) is 0 Å². The first-order valence-electron chi connectivity index (χ1n) is 8.66. The molecule has 7 nitrogen and oxygen atoms in total. The number of rotatable bonds is 5. The quantitative estimate of drug-likeness (QED) is 0.666. The fraction of sp³-hybridized carbons (Fsp3) is 0.444. The molecule has 132 valence electrons. The summed E-state index contributed by atoms with van der Waals surface area (Å²) in [7, 11) is 0. The summed E-state index contributed by atoms with van der Waals surface area (Å²) in [5.41, 5.74) is 1.30. The van der Waals surface area contributed by atoms with Gasteiger partial charge in [-0.15, -0.1) is 0 Å². The zero-order valence-electron chi connectivity index (χ0n) is 14.3. The lowest BCUT2D eigenvalue weighted by Crippen LogP contribution is -2.47. The Labute approximate surface area is 146 Å². The van der Waals surface area contributed by atoms with Crippen LogP contribution in [0.1, 0.15) is 32.6 Å². The highest BCUT2D eigenvalue weighted by Crippen LogP contribution is 2.36. The minimum absolute atomic E-state index is 0.0250. The van der Waals surface area contributed by atoms with Crippen molar-refractivity contribution in [2.45, 2.75) is 38.6 Å². The van der Waals surface area contributed by atoms with Crippen molar-refractivity contribution in [2.75, 3.05) is 18.0 Å². The summed E-state index contributed by atoms with van der Waals surface area (Å²) in [6.45, 7) is 3.30. The van der Waals surface area contributed by atoms with Crippen LogP contribution in [0.3, 0.4) is 0 Å². The molecule has 1 saturated heterocycles. The summed E-state index contributed by atoms with van der Waals surface area (Å²) in [6.07, 6.45) is 4.74. The van der Waals surface area contributed by atoms with Crippen LogP contribution in [-0.2, 0) is 4.79 Å². The van der Waals surface area contributed by atoms with Crippen molar-refractivity contribution in [2.24, 2.45) is 0 Å². The number of nitro benzene ring substituents is 1. The van der Waals surface area contributed by atoms with Crippen LogP contribution in [0.5, 0.6) is 0 Å². The van der Waals surface area contributed by atoms with E-state index in [2.05, 4.69) is 10.3 Å². The smallest absolute Gasteiger partial charge is 0.301 e. The van der Waals surface area contributed by atoms with Crippen LogP contribution in [-0.4, -0.2) is 34.9 Å². The predicted molar refractivity (Wildman–Crippen MR) is 96.7 cm³/mol. The molecular weight excluding hydrogens is 320 g/mol. The van der Waals surface area contributed by atoms with Gasteiger partial charge in [0, 0.05) is 31.7 Å². The first-order valence-corrected chi connectivity index (χ1v) is 8.66. The van der Waals surface area contributed by atoms with Crippen LogP contribution < -0.4 is 10.2 Å². The van der Waals surface area contributed by atoms with Crippen molar-refractivity contribution >= 4 is 28.2 Å².